The van der Waals surface area contributed by atoms with Gasteiger partial charge in [0.1, 0.15) is 0 Å². The van der Waals surface area contributed by atoms with Crippen molar-refractivity contribution in [2.45, 2.75) is 45.1 Å². The molecule has 0 spiro atoms. The molecule has 0 saturated heterocycles. The van der Waals surface area contributed by atoms with Crippen LogP contribution in [0.1, 0.15) is 39.5 Å². The average molecular weight is 214 g/mol. The third-order valence-corrected chi connectivity index (χ3v) is 3.48. The van der Waals surface area contributed by atoms with Crippen molar-refractivity contribution in [2.75, 3.05) is 26.2 Å². The zero-order chi connectivity index (χ0) is 11.3. The average Bonchev–Trinajstić information content (AvgIpc) is 3.07. The molecule has 1 saturated carbocycles. The van der Waals surface area contributed by atoms with Gasteiger partial charge in [0, 0.05) is 6.54 Å². The van der Waals surface area contributed by atoms with Crippen molar-refractivity contribution < 1.29 is 5.11 Å². The van der Waals surface area contributed by atoms with Crippen molar-refractivity contribution >= 4 is 0 Å². The molecule has 1 rings (SSSR count). The Balaban J connectivity index is 2.40. The molecule has 1 atom stereocenters. The summed E-state index contributed by atoms with van der Waals surface area (Å²) in [5.41, 5.74) is 5.92. The fraction of sp³-hybridized carbons (Fsp3) is 1.00. The fourth-order valence-corrected chi connectivity index (χ4v) is 2.11. The van der Waals surface area contributed by atoms with Gasteiger partial charge in [-0.05, 0) is 38.3 Å². The first-order valence-corrected chi connectivity index (χ1v) is 6.28. The van der Waals surface area contributed by atoms with E-state index in [-0.39, 0.29) is 12.1 Å². The van der Waals surface area contributed by atoms with Gasteiger partial charge in [-0.25, -0.2) is 0 Å². The summed E-state index contributed by atoms with van der Waals surface area (Å²) >= 11 is 0. The molecular weight excluding hydrogens is 188 g/mol. The topological polar surface area (TPSA) is 49.5 Å². The maximum atomic E-state index is 9.41. The third kappa shape index (κ3) is 3.74. The van der Waals surface area contributed by atoms with Crippen LogP contribution in [0.3, 0.4) is 0 Å². The van der Waals surface area contributed by atoms with Gasteiger partial charge in [-0.3, -0.25) is 0 Å². The lowest BCUT2D eigenvalue weighted by atomic mass is 9.94. The van der Waals surface area contributed by atoms with Gasteiger partial charge >= 0.3 is 0 Å². The van der Waals surface area contributed by atoms with E-state index in [0.717, 1.165) is 19.6 Å². The molecular formula is C12H26N2O. The Bertz CT molecular complexity index is 182. The molecule has 1 unspecified atom stereocenters. The van der Waals surface area contributed by atoms with Crippen molar-refractivity contribution in [3.8, 4) is 0 Å². The van der Waals surface area contributed by atoms with Crippen molar-refractivity contribution in [3.63, 3.8) is 0 Å². The largest absolute Gasteiger partial charge is 0.394 e. The van der Waals surface area contributed by atoms with E-state index >= 15 is 0 Å². The Morgan fingerprint density at radius 1 is 1.40 bits per heavy atom. The van der Waals surface area contributed by atoms with E-state index in [9.17, 15) is 5.11 Å². The van der Waals surface area contributed by atoms with Crippen LogP contribution in [-0.2, 0) is 0 Å². The van der Waals surface area contributed by atoms with E-state index in [0.29, 0.717) is 5.92 Å². The number of rotatable bonds is 8. The molecule has 3 N–H and O–H groups in total. The molecule has 1 aliphatic carbocycles. The zero-order valence-corrected chi connectivity index (χ0v) is 10.2. The van der Waals surface area contributed by atoms with E-state index in [2.05, 4.69) is 18.7 Å². The molecule has 0 bridgehead atoms. The highest BCUT2D eigenvalue weighted by molar-refractivity contribution is 5.00. The number of unbranched alkanes of at least 4 members (excludes halogenated alkanes) is 1. The number of hydrogen-bond acceptors (Lipinski definition) is 3. The van der Waals surface area contributed by atoms with Gasteiger partial charge in [-0.2, -0.15) is 0 Å². The second-order valence-electron chi connectivity index (χ2n) is 4.89. The third-order valence-electron chi connectivity index (χ3n) is 3.48. The Morgan fingerprint density at radius 3 is 2.47 bits per heavy atom. The summed E-state index contributed by atoms with van der Waals surface area (Å²) in [5, 5.41) is 9.41. The van der Waals surface area contributed by atoms with Crippen LogP contribution >= 0.6 is 0 Å². The molecule has 0 aromatic rings. The SMILES string of the molecule is CCCCN(CC)CC(N)(CO)C1CC1. The molecule has 15 heavy (non-hydrogen) atoms. The van der Waals surface area contributed by atoms with Gasteiger partial charge in [0.2, 0.25) is 0 Å². The molecule has 0 heterocycles. The number of hydrogen-bond donors (Lipinski definition) is 2. The highest BCUT2D eigenvalue weighted by atomic mass is 16.3. The summed E-state index contributed by atoms with van der Waals surface area (Å²) in [7, 11) is 0. The highest BCUT2D eigenvalue weighted by Gasteiger charge is 2.42. The molecule has 3 nitrogen and oxygen atoms in total. The van der Waals surface area contributed by atoms with Gasteiger partial charge in [-0.15, -0.1) is 0 Å². The maximum absolute atomic E-state index is 9.41. The van der Waals surface area contributed by atoms with Crippen LogP contribution in [0.5, 0.6) is 0 Å². The molecule has 1 aliphatic rings. The minimum atomic E-state index is -0.344. The van der Waals surface area contributed by atoms with Gasteiger partial charge in [0.25, 0.3) is 0 Å². The van der Waals surface area contributed by atoms with Gasteiger partial charge in [0.05, 0.1) is 12.1 Å². The monoisotopic (exact) mass is 214 g/mol. The van der Waals surface area contributed by atoms with Crippen LogP contribution in [0, 0.1) is 5.92 Å². The van der Waals surface area contributed by atoms with Gasteiger partial charge in [-0.1, -0.05) is 20.3 Å². The first-order valence-electron chi connectivity index (χ1n) is 6.28. The van der Waals surface area contributed by atoms with E-state index in [1.165, 1.54) is 25.7 Å². The molecule has 0 radical (unpaired) electrons. The second-order valence-corrected chi connectivity index (χ2v) is 4.89. The zero-order valence-electron chi connectivity index (χ0n) is 10.2. The van der Waals surface area contributed by atoms with Crippen LogP contribution in [0.4, 0.5) is 0 Å². The Labute approximate surface area is 93.6 Å². The quantitative estimate of drug-likeness (QED) is 0.638. The lowest BCUT2D eigenvalue weighted by molar-refractivity contribution is 0.122. The van der Waals surface area contributed by atoms with Crippen molar-refractivity contribution in [1.29, 1.82) is 0 Å². The van der Waals surface area contributed by atoms with Crippen molar-refractivity contribution in [2.24, 2.45) is 11.7 Å². The first kappa shape index (κ1) is 12.9. The molecule has 3 heteroatoms. The fourth-order valence-electron chi connectivity index (χ4n) is 2.11. The molecule has 0 aromatic heterocycles. The van der Waals surface area contributed by atoms with Crippen LogP contribution in [0.15, 0.2) is 0 Å². The molecule has 0 aromatic carbocycles. The number of nitrogens with two attached hydrogens (primary N) is 1. The first-order chi connectivity index (χ1) is 7.16. The lowest BCUT2D eigenvalue weighted by Crippen LogP contribution is -2.55. The van der Waals surface area contributed by atoms with Crippen LogP contribution in [0.25, 0.3) is 0 Å². The number of likely N-dealkylation sites (N-methyl/N-ethyl adjacent to an activating group) is 1. The summed E-state index contributed by atoms with van der Waals surface area (Å²) < 4.78 is 0. The van der Waals surface area contributed by atoms with Crippen LogP contribution in [-0.4, -0.2) is 41.8 Å². The van der Waals surface area contributed by atoms with Crippen molar-refractivity contribution in [3.05, 3.63) is 0 Å². The normalized spacial score (nSPS) is 20.6. The summed E-state index contributed by atoms with van der Waals surface area (Å²) in [6.45, 7) is 7.49. The number of aliphatic hydroxyl groups is 1. The maximum Gasteiger partial charge on any atom is 0.0626 e. The lowest BCUT2D eigenvalue weighted by Gasteiger charge is -2.33. The van der Waals surface area contributed by atoms with Gasteiger partial charge < -0.3 is 15.7 Å². The van der Waals surface area contributed by atoms with E-state index in [1.54, 1.807) is 0 Å². The standard InChI is InChI=1S/C12H26N2O/c1-3-5-8-14(4-2)9-12(13,10-15)11-6-7-11/h11,15H,3-10,13H2,1-2H3. The Hall–Kier alpha value is -0.120. The minimum Gasteiger partial charge on any atom is -0.394 e. The minimum absolute atomic E-state index is 0.125. The predicted octanol–water partition coefficient (Wildman–Crippen LogP) is 1.21. The Morgan fingerprint density at radius 2 is 2.07 bits per heavy atom. The van der Waals surface area contributed by atoms with E-state index < -0.39 is 0 Å². The summed E-state index contributed by atoms with van der Waals surface area (Å²) in [4.78, 5) is 2.37. The van der Waals surface area contributed by atoms with E-state index in [1.807, 2.05) is 0 Å². The second kappa shape index (κ2) is 5.83. The summed E-state index contributed by atoms with van der Waals surface area (Å²) in [5.74, 6) is 0.554. The number of aliphatic hydroxyl groups excluding tert-OH is 1. The summed E-state index contributed by atoms with van der Waals surface area (Å²) in [6, 6.07) is 0. The summed E-state index contributed by atoms with van der Waals surface area (Å²) in [6.07, 6.45) is 4.83. The Kier molecular flexibility index (Phi) is 5.03. The molecule has 0 aliphatic heterocycles. The van der Waals surface area contributed by atoms with Crippen LogP contribution in [0.2, 0.25) is 0 Å². The molecule has 0 amide bonds. The molecule has 90 valence electrons. The highest BCUT2D eigenvalue weighted by Crippen LogP contribution is 2.38. The molecule has 1 fully saturated rings. The number of nitrogens with zero attached hydrogens (tertiary/aromatic N) is 1. The smallest absolute Gasteiger partial charge is 0.0626 e. The van der Waals surface area contributed by atoms with E-state index in [4.69, 9.17) is 5.73 Å². The van der Waals surface area contributed by atoms with Crippen LogP contribution < -0.4 is 5.73 Å². The van der Waals surface area contributed by atoms with Crippen molar-refractivity contribution in [1.82, 2.24) is 4.90 Å². The predicted molar refractivity (Wildman–Crippen MR) is 63.8 cm³/mol. The van der Waals surface area contributed by atoms with Gasteiger partial charge in [0.15, 0.2) is 0 Å².